The lowest BCUT2D eigenvalue weighted by atomic mass is 10.0. The van der Waals surface area contributed by atoms with Crippen LogP contribution in [0.2, 0.25) is 0 Å². The highest BCUT2D eigenvalue weighted by Gasteiger charge is 2.26. The molecule has 0 radical (unpaired) electrons. The van der Waals surface area contributed by atoms with Crippen LogP contribution in [0.1, 0.15) is 42.9 Å². The van der Waals surface area contributed by atoms with Gasteiger partial charge in [0.05, 0.1) is 12.7 Å². The van der Waals surface area contributed by atoms with Crippen molar-refractivity contribution in [3.8, 4) is 0 Å². The van der Waals surface area contributed by atoms with Gasteiger partial charge in [0.2, 0.25) is 0 Å². The van der Waals surface area contributed by atoms with Gasteiger partial charge in [0.15, 0.2) is 5.96 Å². The Morgan fingerprint density at radius 1 is 1.27 bits per heavy atom. The summed E-state index contributed by atoms with van der Waals surface area (Å²) in [6.45, 7) is 8.01. The molecule has 0 bridgehead atoms. The molecule has 2 heterocycles. The van der Waals surface area contributed by atoms with Gasteiger partial charge in [0, 0.05) is 38.8 Å². The van der Waals surface area contributed by atoms with Crippen LogP contribution in [0.5, 0.6) is 0 Å². The maximum Gasteiger partial charge on any atom is 0.194 e. The molecule has 0 saturated carbocycles. The Morgan fingerprint density at radius 3 is 2.69 bits per heavy atom. The average molecular weight is 467 g/mol. The Bertz CT molecular complexity index is 724. The van der Waals surface area contributed by atoms with Crippen molar-refractivity contribution < 1.29 is 0 Å². The molecule has 1 saturated heterocycles. The second-order valence-corrected chi connectivity index (χ2v) is 6.67. The number of aryl methyl sites for hydroxylation is 2. The number of aliphatic imine (C=N–C) groups is 1. The van der Waals surface area contributed by atoms with Crippen LogP contribution < -0.4 is 5.32 Å². The molecule has 0 spiro atoms. The van der Waals surface area contributed by atoms with Crippen molar-refractivity contribution in [3.05, 3.63) is 53.3 Å². The van der Waals surface area contributed by atoms with Crippen molar-refractivity contribution in [1.82, 2.24) is 20.0 Å². The first-order chi connectivity index (χ1) is 12.2. The van der Waals surface area contributed by atoms with Gasteiger partial charge in [-0.15, -0.1) is 24.0 Å². The summed E-state index contributed by atoms with van der Waals surface area (Å²) < 4.78 is 1.89. The highest BCUT2D eigenvalue weighted by molar-refractivity contribution is 14.0. The summed E-state index contributed by atoms with van der Waals surface area (Å²) in [5.41, 5.74) is 4.04. The third-order valence-corrected chi connectivity index (χ3v) is 4.92. The quantitative estimate of drug-likeness (QED) is 0.416. The molecular weight excluding hydrogens is 437 g/mol. The lowest BCUT2D eigenvalue weighted by Gasteiger charge is -2.21. The molecule has 1 N–H and O–H groups in total. The Morgan fingerprint density at radius 2 is 2.04 bits per heavy atom. The summed E-state index contributed by atoms with van der Waals surface area (Å²) in [4.78, 5) is 7.30. The number of aromatic nitrogens is 2. The number of benzene rings is 1. The van der Waals surface area contributed by atoms with Crippen LogP contribution in [0.3, 0.4) is 0 Å². The Hall–Kier alpha value is -1.57. The van der Waals surface area contributed by atoms with Gasteiger partial charge in [0.1, 0.15) is 0 Å². The fourth-order valence-corrected chi connectivity index (χ4v) is 3.52. The Kier molecular flexibility index (Phi) is 7.93. The van der Waals surface area contributed by atoms with E-state index in [0.717, 1.165) is 45.0 Å². The highest BCUT2D eigenvalue weighted by atomic mass is 127. The van der Waals surface area contributed by atoms with Crippen molar-refractivity contribution in [2.45, 2.75) is 39.2 Å². The number of hydrogen-bond donors (Lipinski definition) is 1. The molecule has 1 atom stereocenters. The van der Waals surface area contributed by atoms with Crippen LogP contribution in [0.25, 0.3) is 0 Å². The Labute approximate surface area is 173 Å². The van der Waals surface area contributed by atoms with E-state index in [1.54, 1.807) is 0 Å². The predicted molar refractivity (Wildman–Crippen MR) is 118 cm³/mol. The normalized spacial score (nSPS) is 17.3. The second kappa shape index (κ2) is 9.94. The molecule has 26 heavy (non-hydrogen) atoms. The maximum absolute atomic E-state index is 4.92. The maximum atomic E-state index is 4.92. The van der Waals surface area contributed by atoms with Gasteiger partial charge in [-0.25, -0.2) is 4.99 Å². The number of nitrogens with one attached hydrogen (secondary N) is 1. The van der Waals surface area contributed by atoms with E-state index in [4.69, 9.17) is 4.99 Å². The summed E-state index contributed by atoms with van der Waals surface area (Å²) in [6.07, 6.45) is 6.34. The van der Waals surface area contributed by atoms with Crippen molar-refractivity contribution in [3.63, 3.8) is 0 Å². The zero-order valence-corrected chi connectivity index (χ0v) is 18.3. The zero-order valence-electron chi connectivity index (χ0n) is 16.0. The topological polar surface area (TPSA) is 45.5 Å². The van der Waals surface area contributed by atoms with E-state index in [9.17, 15) is 0 Å². The van der Waals surface area contributed by atoms with E-state index in [0.29, 0.717) is 5.92 Å². The van der Waals surface area contributed by atoms with E-state index >= 15 is 0 Å². The molecule has 1 aliphatic rings. The third kappa shape index (κ3) is 4.99. The molecule has 1 aliphatic heterocycles. The van der Waals surface area contributed by atoms with Gasteiger partial charge < -0.3 is 10.2 Å². The molecule has 1 unspecified atom stereocenters. The molecule has 6 heteroatoms. The lowest BCUT2D eigenvalue weighted by molar-refractivity contribution is 0.486. The predicted octanol–water partition coefficient (Wildman–Crippen LogP) is 3.56. The largest absolute Gasteiger partial charge is 0.357 e. The fourth-order valence-electron chi connectivity index (χ4n) is 3.52. The number of hydrogen-bond acceptors (Lipinski definition) is 2. The minimum atomic E-state index is 0. The zero-order chi connectivity index (χ0) is 17.6. The van der Waals surface area contributed by atoms with Crippen LogP contribution in [0.4, 0.5) is 0 Å². The SMILES string of the molecule is CCNC(=NCc1ccccc1CC)N1CCC(c2cnn(C)c2)C1.I. The first kappa shape index (κ1) is 20.7. The van der Waals surface area contributed by atoms with E-state index in [-0.39, 0.29) is 24.0 Å². The monoisotopic (exact) mass is 467 g/mol. The standard InChI is InChI=1S/C20H29N5.HI/c1-4-16-8-6-7-9-17(16)12-22-20(21-5-2)25-11-10-18(15-25)19-13-23-24(3)14-19;/h6-9,13-14,18H,4-5,10-12,15H2,1-3H3,(H,21,22);1H. The summed E-state index contributed by atoms with van der Waals surface area (Å²) in [5, 5.41) is 7.78. The van der Waals surface area contributed by atoms with E-state index < -0.39 is 0 Å². The van der Waals surface area contributed by atoms with Gasteiger partial charge in [-0.1, -0.05) is 31.2 Å². The highest BCUT2D eigenvalue weighted by Crippen LogP contribution is 2.26. The van der Waals surface area contributed by atoms with Gasteiger partial charge in [0.25, 0.3) is 0 Å². The average Bonchev–Trinajstić information content (AvgIpc) is 3.28. The molecule has 5 nitrogen and oxygen atoms in total. The van der Waals surface area contributed by atoms with Gasteiger partial charge in [-0.2, -0.15) is 5.10 Å². The summed E-state index contributed by atoms with van der Waals surface area (Å²) in [7, 11) is 1.98. The van der Waals surface area contributed by atoms with Crippen molar-refractivity contribution in [2.24, 2.45) is 12.0 Å². The first-order valence-corrected chi connectivity index (χ1v) is 9.29. The molecule has 1 aromatic carbocycles. The third-order valence-electron chi connectivity index (χ3n) is 4.92. The smallest absolute Gasteiger partial charge is 0.194 e. The van der Waals surface area contributed by atoms with Crippen LogP contribution in [-0.4, -0.2) is 40.3 Å². The van der Waals surface area contributed by atoms with E-state index in [2.05, 4.69) is 59.6 Å². The molecule has 1 fully saturated rings. The Balaban J connectivity index is 0.00000243. The second-order valence-electron chi connectivity index (χ2n) is 6.67. The van der Waals surface area contributed by atoms with E-state index in [1.165, 1.54) is 16.7 Å². The van der Waals surface area contributed by atoms with Gasteiger partial charge >= 0.3 is 0 Å². The van der Waals surface area contributed by atoms with Crippen LogP contribution in [0.15, 0.2) is 41.7 Å². The number of nitrogens with zero attached hydrogens (tertiary/aromatic N) is 4. The number of rotatable bonds is 5. The fraction of sp³-hybridized carbons (Fsp3) is 0.500. The molecule has 142 valence electrons. The summed E-state index contributed by atoms with van der Waals surface area (Å²) in [6, 6.07) is 8.60. The van der Waals surface area contributed by atoms with Crippen LogP contribution in [-0.2, 0) is 20.0 Å². The number of guanidine groups is 1. The van der Waals surface area contributed by atoms with E-state index in [1.807, 2.05) is 17.9 Å². The van der Waals surface area contributed by atoms with Crippen LogP contribution >= 0.6 is 24.0 Å². The minimum absolute atomic E-state index is 0. The van der Waals surface area contributed by atoms with Gasteiger partial charge in [-0.3, -0.25) is 4.68 Å². The van der Waals surface area contributed by atoms with Crippen molar-refractivity contribution in [1.29, 1.82) is 0 Å². The summed E-state index contributed by atoms with van der Waals surface area (Å²) in [5.74, 6) is 1.57. The lowest BCUT2D eigenvalue weighted by Crippen LogP contribution is -2.40. The molecule has 0 aliphatic carbocycles. The molecule has 2 aromatic rings. The van der Waals surface area contributed by atoms with Crippen molar-refractivity contribution in [2.75, 3.05) is 19.6 Å². The minimum Gasteiger partial charge on any atom is -0.357 e. The number of likely N-dealkylation sites (tertiary alicyclic amines) is 1. The first-order valence-electron chi connectivity index (χ1n) is 9.29. The van der Waals surface area contributed by atoms with Gasteiger partial charge in [-0.05, 0) is 36.5 Å². The molecule has 1 aromatic heterocycles. The van der Waals surface area contributed by atoms with Crippen molar-refractivity contribution >= 4 is 29.9 Å². The molecule has 3 rings (SSSR count). The summed E-state index contributed by atoms with van der Waals surface area (Å²) >= 11 is 0. The molecular formula is C20H30IN5. The number of halogens is 1. The molecule has 0 amide bonds. The van der Waals surface area contributed by atoms with Crippen LogP contribution in [0, 0.1) is 0 Å².